The highest BCUT2D eigenvalue weighted by Gasteiger charge is 2.15. The molecule has 0 aliphatic rings. The van der Waals surface area contributed by atoms with E-state index in [2.05, 4.69) is 6.58 Å². The molecular weight excluding hydrogens is 253 g/mol. The normalized spacial score (nSPS) is 10.1. The summed E-state index contributed by atoms with van der Waals surface area (Å²) in [7, 11) is 0. The van der Waals surface area contributed by atoms with Crippen LogP contribution >= 0.6 is 0 Å². The summed E-state index contributed by atoms with van der Waals surface area (Å²) in [5.41, 5.74) is 2.11. The molecule has 0 aromatic heterocycles. The fraction of sp³-hybridized carbons (Fsp3) is 0.118. The van der Waals surface area contributed by atoms with Crippen molar-refractivity contribution < 1.29 is 9.18 Å². The molecule has 1 amide bonds. The lowest BCUT2D eigenvalue weighted by molar-refractivity contribution is -0.126. The Hall–Kier alpha value is -2.42. The van der Waals surface area contributed by atoms with Gasteiger partial charge in [-0.05, 0) is 17.7 Å². The van der Waals surface area contributed by atoms with E-state index in [1.807, 2.05) is 30.3 Å². The average molecular weight is 269 g/mol. The number of nitrogens with zero attached hydrogens (tertiary/aromatic N) is 1. The smallest absolute Gasteiger partial charge is 0.224 e. The quantitative estimate of drug-likeness (QED) is 0.825. The first-order valence-electron chi connectivity index (χ1n) is 6.35. The predicted molar refractivity (Wildman–Crippen MR) is 78.1 cm³/mol. The lowest BCUT2D eigenvalue weighted by Gasteiger charge is -2.23. The van der Waals surface area contributed by atoms with Crippen molar-refractivity contribution in [2.75, 3.05) is 0 Å². The van der Waals surface area contributed by atoms with Gasteiger partial charge in [0.1, 0.15) is 5.82 Å². The monoisotopic (exact) mass is 269 g/mol. The van der Waals surface area contributed by atoms with Crippen LogP contribution < -0.4 is 0 Å². The van der Waals surface area contributed by atoms with Gasteiger partial charge in [-0.1, -0.05) is 49.0 Å². The number of carbonyl (C=O) groups is 1. The van der Waals surface area contributed by atoms with Crippen LogP contribution in [-0.4, -0.2) is 10.8 Å². The van der Waals surface area contributed by atoms with Crippen molar-refractivity contribution in [2.24, 2.45) is 0 Å². The number of hydrogen-bond acceptors (Lipinski definition) is 1. The van der Waals surface area contributed by atoms with Crippen LogP contribution in [0.4, 0.5) is 4.39 Å². The van der Waals surface area contributed by atoms with Crippen LogP contribution in [0.15, 0.2) is 61.2 Å². The SMILES string of the molecule is C=C(c1cccc(F)c1)N(Cc1ccccc1)C(C)=O. The van der Waals surface area contributed by atoms with Gasteiger partial charge in [-0.3, -0.25) is 4.79 Å². The number of hydrogen-bond donors (Lipinski definition) is 0. The lowest BCUT2D eigenvalue weighted by atomic mass is 10.1. The summed E-state index contributed by atoms with van der Waals surface area (Å²) >= 11 is 0. The molecular formula is C17H16FNO. The van der Waals surface area contributed by atoms with E-state index in [0.717, 1.165) is 5.56 Å². The standard InChI is InChI=1S/C17H16FNO/c1-13(16-9-6-10-17(18)11-16)19(14(2)20)12-15-7-4-3-5-8-15/h3-11H,1,12H2,2H3. The first-order valence-corrected chi connectivity index (χ1v) is 6.35. The van der Waals surface area contributed by atoms with Crippen LogP contribution in [0.2, 0.25) is 0 Å². The maximum Gasteiger partial charge on any atom is 0.224 e. The van der Waals surface area contributed by atoms with Crippen molar-refractivity contribution in [2.45, 2.75) is 13.5 Å². The largest absolute Gasteiger partial charge is 0.308 e. The summed E-state index contributed by atoms with van der Waals surface area (Å²) in [6.45, 7) is 5.82. The van der Waals surface area contributed by atoms with Crippen LogP contribution in [0.25, 0.3) is 5.70 Å². The van der Waals surface area contributed by atoms with Crippen molar-refractivity contribution in [3.05, 3.63) is 78.1 Å². The zero-order valence-corrected chi connectivity index (χ0v) is 11.3. The third-order valence-electron chi connectivity index (χ3n) is 3.05. The van der Waals surface area contributed by atoms with Crippen LogP contribution in [0, 0.1) is 5.82 Å². The Kier molecular flexibility index (Phi) is 4.31. The lowest BCUT2D eigenvalue weighted by Crippen LogP contribution is -2.26. The van der Waals surface area contributed by atoms with Crippen LogP contribution in [0.3, 0.4) is 0 Å². The van der Waals surface area contributed by atoms with Crippen molar-refractivity contribution in [1.82, 2.24) is 4.90 Å². The summed E-state index contributed by atoms with van der Waals surface area (Å²) in [6, 6.07) is 15.7. The topological polar surface area (TPSA) is 20.3 Å². The molecule has 0 N–H and O–H groups in total. The van der Waals surface area contributed by atoms with E-state index < -0.39 is 0 Å². The second-order valence-electron chi connectivity index (χ2n) is 4.55. The molecule has 0 bridgehead atoms. The molecule has 0 unspecified atom stereocenters. The molecule has 2 rings (SSSR count). The number of benzene rings is 2. The van der Waals surface area contributed by atoms with Crippen LogP contribution in [-0.2, 0) is 11.3 Å². The predicted octanol–water partition coefficient (Wildman–Crippen LogP) is 3.85. The van der Waals surface area contributed by atoms with E-state index in [4.69, 9.17) is 0 Å². The van der Waals surface area contributed by atoms with Gasteiger partial charge in [0, 0.05) is 18.2 Å². The minimum atomic E-state index is -0.341. The molecule has 0 atom stereocenters. The molecule has 3 heteroatoms. The van der Waals surface area contributed by atoms with E-state index in [-0.39, 0.29) is 11.7 Å². The molecule has 0 saturated heterocycles. The number of carbonyl (C=O) groups excluding carboxylic acids is 1. The zero-order chi connectivity index (χ0) is 14.5. The fourth-order valence-corrected chi connectivity index (χ4v) is 1.99. The molecule has 0 aliphatic carbocycles. The minimum Gasteiger partial charge on any atom is -0.308 e. The summed E-state index contributed by atoms with van der Waals surface area (Å²) in [6.07, 6.45) is 0. The Balaban J connectivity index is 2.25. The average Bonchev–Trinajstić information content (AvgIpc) is 2.45. The first-order chi connectivity index (χ1) is 9.58. The molecule has 0 radical (unpaired) electrons. The molecule has 20 heavy (non-hydrogen) atoms. The van der Waals surface area contributed by atoms with Crippen molar-refractivity contribution in [3.63, 3.8) is 0 Å². The highest BCUT2D eigenvalue weighted by molar-refractivity contribution is 5.84. The minimum absolute atomic E-state index is 0.122. The van der Waals surface area contributed by atoms with Gasteiger partial charge in [0.25, 0.3) is 0 Å². The molecule has 0 fully saturated rings. The number of amides is 1. The van der Waals surface area contributed by atoms with Gasteiger partial charge in [0.15, 0.2) is 0 Å². The van der Waals surface area contributed by atoms with Gasteiger partial charge >= 0.3 is 0 Å². The van der Waals surface area contributed by atoms with E-state index in [1.165, 1.54) is 19.1 Å². The zero-order valence-electron chi connectivity index (χ0n) is 11.3. The van der Waals surface area contributed by atoms with E-state index in [9.17, 15) is 9.18 Å². The molecule has 0 saturated carbocycles. The fourth-order valence-electron chi connectivity index (χ4n) is 1.99. The Morgan fingerprint density at radius 3 is 2.45 bits per heavy atom. The highest BCUT2D eigenvalue weighted by Crippen LogP contribution is 2.20. The summed E-state index contributed by atoms with van der Waals surface area (Å²) < 4.78 is 13.3. The second kappa shape index (κ2) is 6.15. The van der Waals surface area contributed by atoms with E-state index >= 15 is 0 Å². The van der Waals surface area contributed by atoms with Gasteiger partial charge in [0.05, 0.1) is 6.54 Å². The summed E-state index contributed by atoms with van der Waals surface area (Å²) in [4.78, 5) is 13.4. The van der Waals surface area contributed by atoms with Gasteiger partial charge in [-0.25, -0.2) is 4.39 Å². The Bertz CT molecular complexity index is 622. The molecule has 0 heterocycles. The molecule has 2 aromatic carbocycles. The van der Waals surface area contributed by atoms with E-state index in [1.54, 1.807) is 17.0 Å². The van der Waals surface area contributed by atoms with Crippen LogP contribution in [0.1, 0.15) is 18.1 Å². The van der Waals surface area contributed by atoms with Crippen LogP contribution in [0.5, 0.6) is 0 Å². The highest BCUT2D eigenvalue weighted by atomic mass is 19.1. The summed E-state index contributed by atoms with van der Waals surface area (Å²) in [5, 5.41) is 0. The van der Waals surface area contributed by atoms with Gasteiger partial charge in [-0.15, -0.1) is 0 Å². The molecule has 0 spiro atoms. The molecule has 2 nitrogen and oxygen atoms in total. The Morgan fingerprint density at radius 2 is 1.85 bits per heavy atom. The Labute approximate surface area is 118 Å². The first kappa shape index (κ1) is 14.0. The maximum atomic E-state index is 13.3. The third-order valence-corrected chi connectivity index (χ3v) is 3.05. The van der Waals surface area contributed by atoms with Crippen molar-refractivity contribution in [3.8, 4) is 0 Å². The molecule has 0 aliphatic heterocycles. The van der Waals surface area contributed by atoms with Crippen molar-refractivity contribution in [1.29, 1.82) is 0 Å². The Morgan fingerprint density at radius 1 is 1.15 bits per heavy atom. The maximum absolute atomic E-state index is 13.3. The number of halogens is 1. The number of rotatable bonds is 4. The third kappa shape index (κ3) is 3.32. The van der Waals surface area contributed by atoms with Gasteiger partial charge in [-0.2, -0.15) is 0 Å². The molecule has 102 valence electrons. The molecule has 2 aromatic rings. The van der Waals surface area contributed by atoms with Gasteiger partial charge < -0.3 is 4.90 Å². The second-order valence-corrected chi connectivity index (χ2v) is 4.55. The summed E-state index contributed by atoms with van der Waals surface area (Å²) in [5.74, 6) is -0.463. The van der Waals surface area contributed by atoms with E-state index in [0.29, 0.717) is 17.8 Å². The van der Waals surface area contributed by atoms with Crippen molar-refractivity contribution >= 4 is 11.6 Å². The van der Waals surface area contributed by atoms with Gasteiger partial charge in [0.2, 0.25) is 5.91 Å².